The van der Waals surface area contributed by atoms with Gasteiger partial charge in [0.05, 0.1) is 12.6 Å². The molecule has 1 heterocycles. The number of amides is 1. The van der Waals surface area contributed by atoms with Gasteiger partial charge >= 0.3 is 0 Å². The van der Waals surface area contributed by atoms with Crippen LogP contribution in [-0.2, 0) is 6.61 Å². The number of carbonyl (C=O) groups excluding carboxylic acids is 1. The summed E-state index contributed by atoms with van der Waals surface area (Å²) in [7, 11) is 1.62. The Morgan fingerprint density at radius 2 is 1.91 bits per heavy atom. The first-order valence-corrected chi connectivity index (χ1v) is 7.11. The zero-order chi connectivity index (χ0) is 16.2. The minimum Gasteiger partial charge on any atom is -0.497 e. The maximum Gasteiger partial charge on any atom is 0.248 e. The molecule has 0 fully saturated rings. The number of nitrogens with two attached hydrogens (primary N) is 1. The zero-order valence-electron chi connectivity index (χ0n) is 12.7. The number of benzene rings is 2. The predicted molar refractivity (Wildman–Crippen MR) is 87.6 cm³/mol. The molecule has 2 aromatic carbocycles. The van der Waals surface area contributed by atoms with Crippen molar-refractivity contribution in [3.8, 4) is 11.5 Å². The van der Waals surface area contributed by atoms with E-state index in [0.717, 1.165) is 28.0 Å². The fourth-order valence-electron chi connectivity index (χ4n) is 2.28. The summed E-state index contributed by atoms with van der Waals surface area (Å²) in [5.41, 5.74) is 7.47. The molecule has 0 aliphatic rings. The van der Waals surface area contributed by atoms with Crippen LogP contribution in [0.4, 0.5) is 0 Å². The Kier molecular flexibility index (Phi) is 4.10. The Labute approximate surface area is 133 Å². The molecule has 116 valence electrons. The zero-order valence-corrected chi connectivity index (χ0v) is 12.7. The van der Waals surface area contributed by atoms with Gasteiger partial charge in [-0.3, -0.25) is 9.78 Å². The minimum absolute atomic E-state index is 0.393. The molecule has 1 aromatic heterocycles. The molecule has 0 saturated heterocycles. The minimum atomic E-state index is -0.438. The highest BCUT2D eigenvalue weighted by Gasteiger charge is 2.06. The quantitative estimate of drug-likeness (QED) is 0.786. The number of hydrogen-bond donors (Lipinski definition) is 1. The lowest BCUT2D eigenvalue weighted by Crippen LogP contribution is -2.10. The second-order valence-corrected chi connectivity index (χ2v) is 5.04. The Hall–Kier alpha value is -3.08. The van der Waals surface area contributed by atoms with Gasteiger partial charge in [0.1, 0.15) is 18.1 Å². The normalized spacial score (nSPS) is 10.5. The lowest BCUT2D eigenvalue weighted by atomic mass is 10.1. The summed E-state index contributed by atoms with van der Waals surface area (Å²) in [6, 6.07) is 14.5. The number of pyridine rings is 1. The highest BCUT2D eigenvalue weighted by Crippen LogP contribution is 2.27. The van der Waals surface area contributed by atoms with E-state index in [-0.39, 0.29) is 0 Å². The maximum atomic E-state index is 11.1. The first kappa shape index (κ1) is 14.8. The largest absolute Gasteiger partial charge is 0.497 e. The van der Waals surface area contributed by atoms with E-state index < -0.39 is 5.91 Å². The molecule has 0 spiro atoms. The number of aromatic nitrogens is 1. The van der Waals surface area contributed by atoms with Crippen LogP contribution in [0.15, 0.2) is 54.7 Å². The number of ether oxygens (including phenoxy) is 2. The third-order valence-corrected chi connectivity index (χ3v) is 3.54. The van der Waals surface area contributed by atoms with Gasteiger partial charge in [-0.2, -0.15) is 0 Å². The predicted octanol–water partition coefficient (Wildman–Crippen LogP) is 2.92. The van der Waals surface area contributed by atoms with Crippen molar-refractivity contribution in [1.29, 1.82) is 0 Å². The van der Waals surface area contributed by atoms with Crippen molar-refractivity contribution in [2.24, 2.45) is 5.73 Å². The second kappa shape index (κ2) is 6.36. The van der Waals surface area contributed by atoms with Crippen LogP contribution in [0.5, 0.6) is 11.5 Å². The second-order valence-electron chi connectivity index (χ2n) is 5.04. The molecule has 5 heteroatoms. The topological polar surface area (TPSA) is 74.4 Å². The average molecular weight is 308 g/mol. The van der Waals surface area contributed by atoms with E-state index in [9.17, 15) is 4.79 Å². The van der Waals surface area contributed by atoms with E-state index in [2.05, 4.69) is 4.98 Å². The van der Waals surface area contributed by atoms with Gasteiger partial charge in [0.2, 0.25) is 5.91 Å². The van der Waals surface area contributed by atoms with Crippen LogP contribution in [0.2, 0.25) is 0 Å². The number of rotatable bonds is 5. The highest BCUT2D eigenvalue weighted by molar-refractivity contribution is 5.92. The SMILES string of the molecule is COc1ccc2c(OCc3ccc(C(N)=O)cc3)ccnc2c1. The van der Waals surface area contributed by atoms with E-state index in [4.69, 9.17) is 15.2 Å². The molecule has 3 aromatic rings. The number of fused-ring (bicyclic) bond motifs is 1. The summed E-state index contributed by atoms with van der Waals surface area (Å²) in [6.45, 7) is 0.393. The van der Waals surface area contributed by atoms with Gasteiger partial charge in [-0.05, 0) is 35.9 Å². The van der Waals surface area contributed by atoms with Gasteiger partial charge < -0.3 is 15.2 Å². The van der Waals surface area contributed by atoms with Crippen molar-refractivity contribution in [3.63, 3.8) is 0 Å². The summed E-state index contributed by atoms with van der Waals surface area (Å²) in [4.78, 5) is 15.4. The maximum absolute atomic E-state index is 11.1. The molecular weight excluding hydrogens is 292 g/mol. The Morgan fingerprint density at radius 1 is 1.13 bits per heavy atom. The standard InChI is InChI=1S/C18H16N2O3/c1-22-14-6-7-15-16(10-14)20-9-8-17(15)23-11-12-2-4-13(5-3-12)18(19)21/h2-10H,11H2,1H3,(H2,19,21). The van der Waals surface area contributed by atoms with Crippen LogP contribution < -0.4 is 15.2 Å². The number of methoxy groups -OCH3 is 1. The van der Waals surface area contributed by atoms with E-state index in [1.807, 2.05) is 36.4 Å². The van der Waals surface area contributed by atoms with Crippen molar-refractivity contribution in [1.82, 2.24) is 4.98 Å². The molecular formula is C18H16N2O3. The first-order valence-electron chi connectivity index (χ1n) is 7.11. The molecule has 5 nitrogen and oxygen atoms in total. The summed E-state index contributed by atoms with van der Waals surface area (Å²) >= 11 is 0. The van der Waals surface area contributed by atoms with Gasteiger partial charge in [0.25, 0.3) is 0 Å². The summed E-state index contributed by atoms with van der Waals surface area (Å²) in [5.74, 6) is 1.06. The molecule has 3 rings (SSSR count). The van der Waals surface area contributed by atoms with Gasteiger partial charge in [-0.25, -0.2) is 0 Å². The molecule has 23 heavy (non-hydrogen) atoms. The van der Waals surface area contributed by atoms with Gasteiger partial charge in [-0.15, -0.1) is 0 Å². The third kappa shape index (κ3) is 3.23. The Bertz CT molecular complexity index is 845. The molecule has 0 aliphatic carbocycles. The molecule has 0 unspecified atom stereocenters. The fraction of sp³-hybridized carbons (Fsp3) is 0.111. The lowest BCUT2D eigenvalue weighted by Gasteiger charge is -2.10. The van der Waals surface area contributed by atoms with Crippen LogP contribution in [0.25, 0.3) is 10.9 Å². The third-order valence-electron chi connectivity index (χ3n) is 3.54. The molecule has 2 N–H and O–H groups in total. The monoisotopic (exact) mass is 308 g/mol. The summed E-state index contributed by atoms with van der Waals surface area (Å²) in [6.07, 6.45) is 1.70. The van der Waals surface area contributed by atoms with Crippen molar-refractivity contribution in [3.05, 3.63) is 65.9 Å². The van der Waals surface area contributed by atoms with Crippen LogP contribution in [0.1, 0.15) is 15.9 Å². The van der Waals surface area contributed by atoms with Crippen LogP contribution >= 0.6 is 0 Å². The molecule has 0 aliphatic heterocycles. The van der Waals surface area contributed by atoms with Crippen molar-refractivity contribution in [2.75, 3.05) is 7.11 Å². The number of hydrogen-bond acceptors (Lipinski definition) is 4. The van der Waals surface area contributed by atoms with Crippen molar-refractivity contribution >= 4 is 16.8 Å². The van der Waals surface area contributed by atoms with Crippen LogP contribution in [0.3, 0.4) is 0 Å². The number of primary amides is 1. The molecule has 0 saturated carbocycles. The van der Waals surface area contributed by atoms with Gasteiger partial charge in [0.15, 0.2) is 0 Å². The van der Waals surface area contributed by atoms with E-state index in [0.29, 0.717) is 12.2 Å². The molecule has 0 bridgehead atoms. The summed E-state index contributed by atoms with van der Waals surface area (Å²) < 4.78 is 11.1. The van der Waals surface area contributed by atoms with Crippen molar-refractivity contribution in [2.45, 2.75) is 6.61 Å². The molecule has 0 radical (unpaired) electrons. The Morgan fingerprint density at radius 3 is 2.61 bits per heavy atom. The Balaban J connectivity index is 1.80. The fourth-order valence-corrected chi connectivity index (χ4v) is 2.28. The van der Waals surface area contributed by atoms with E-state index in [1.165, 1.54) is 0 Å². The van der Waals surface area contributed by atoms with Crippen LogP contribution in [0, 0.1) is 0 Å². The van der Waals surface area contributed by atoms with Crippen LogP contribution in [-0.4, -0.2) is 18.0 Å². The lowest BCUT2D eigenvalue weighted by molar-refractivity contribution is 0.1000. The molecule has 1 amide bonds. The number of nitrogens with zero attached hydrogens (tertiary/aromatic N) is 1. The smallest absolute Gasteiger partial charge is 0.248 e. The summed E-state index contributed by atoms with van der Waals surface area (Å²) in [5, 5.41) is 0.919. The average Bonchev–Trinajstić information content (AvgIpc) is 2.59. The van der Waals surface area contributed by atoms with Crippen molar-refractivity contribution < 1.29 is 14.3 Å². The van der Waals surface area contributed by atoms with Gasteiger partial charge in [0, 0.05) is 23.2 Å². The highest BCUT2D eigenvalue weighted by atomic mass is 16.5. The number of carbonyl (C=O) groups is 1. The van der Waals surface area contributed by atoms with Gasteiger partial charge in [-0.1, -0.05) is 12.1 Å². The van der Waals surface area contributed by atoms with E-state index >= 15 is 0 Å². The van der Waals surface area contributed by atoms with E-state index in [1.54, 1.807) is 25.4 Å². The first-order chi connectivity index (χ1) is 11.2. The molecule has 0 atom stereocenters.